The van der Waals surface area contributed by atoms with Crippen LogP contribution in [-0.4, -0.2) is 19.5 Å². The van der Waals surface area contributed by atoms with E-state index in [1.54, 1.807) is 0 Å². The number of nitrogens with zero attached hydrogens (tertiary/aromatic N) is 4. The van der Waals surface area contributed by atoms with Crippen LogP contribution in [0.4, 0.5) is 0 Å². The smallest absolute Gasteiger partial charge is 0.164 e. The highest BCUT2D eigenvalue weighted by Gasteiger charge is 2.21. The van der Waals surface area contributed by atoms with Gasteiger partial charge in [-0.05, 0) is 91.5 Å². The summed E-state index contributed by atoms with van der Waals surface area (Å²) in [4.78, 5) is 15.5. The fourth-order valence-corrected chi connectivity index (χ4v) is 8.99. The third kappa shape index (κ3) is 6.04. The van der Waals surface area contributed by atoms with Crippen molar-refractivity contribution in [2.75, 3.05) is 0 Å². The van der Waals surface area contributed by atoms with Gasteiger partial charge >= 0.3 is 0 Å². The molecule has 0 N–H and O–H groups in total. The monoisotopic (exact) mass is 776 g/mol. The van der Waals surface area contributed by atoms with Crippen molar-refractivity contribution in [2.45, 2.75) is 0 Å². The van der Waals surface area contributed by atoms with E-state index in [0.717, 1.165) is 49.9 Å². The molecule has 0 aliphatic carbocycles. The van der Waals surface area contributed by atoms with E-state index in [1.807, 2.05) is 18.2 Å². The zero-order chi connectivity index (χ0) is 40.3. The number of benzene rings is 10. The Balaban J connectivity index is 1.12. The number of rotatable bonds is 6. The standard InChI is InChI=1S/C57H36N4/c1-3-13-37(14-4-1)39-23-26-41(27-24-39)49-35-47(57-59-55(42-17-5-2-6-18-42)58-56(60-57)46-28-25-38-15-7-8-19-43(38)33-46)30-31-51(49)61-52-32-29-40-16-11-12-22-48(40)54(52)50-34-44-20-9-10-21-45(44)36-53(50)61/h1-36H. The topological polar surface area (TPSA) is 43.6 Å². The summed E-state index contributed by atoms with van der Waals surface area (Å²) in [5, 5.41) is 9.68. The van der Waals surface area contributed by atoms with Crippen LogP contribution in [0.15, 0.2) is 218 Å². The van der Waals surface area contributed by atoms with E-state index in [4.69, 9.17) is 15.0 Å². The van der Waals surface area contributed by atoms with Gasteiger partial charge < -0.3 is 4.57 Å². The molecule has 2 aromatic heterocycles. The van der Waals surface area contributed by atoms with Crippen LogP contribution in [0.25, 0.3) is 116 Å². The number of aromatic nitrogens is 4. The predicted molar refractivity (Wildman–Crippen MR) is 254 cm³/mol. The molecule has 0 saturated carbocycles. The molecule has 0 spiro atoms. The maximum atomic E-state index is 5.23. The largest absolute Gasteiger partial charge is 0.309 e. The first kappa shape index (κ1) is 34.8. The minimum atomic E-state index is 0.616. The van der Waals surface area contributed by atoms with Gasteiger partial charge in [0.25, 0.3) is 0 Å². The summed E-state index contributed by atoms with van der Waals surface area (Å²) >= 11 is 0. The van der Waals surface area contributed by atoms with E-state index in [-0.39, 0.29) is 0 Å². The fraction of sp³-hybridized carbons (Fsp3) is 0. The van der Waals surface area contributed by atoms with Gasteiger partial charge in [-0.2, -0.15) is 0 Å². The molecular formula is C57H36N4. The zero-order valence-electron chi connectivity index (χ0n) is 33.1. The number of fused-ring (bicyclic) bond motifs is 7. The Morgan fingerprint density at radius 2 is 0.770 bits per heavy atom. The molecule has 0 aliphatic rings. The minimum Gasteiger partial charge on any atom is -0.309 e. The summed E-state index contributed by atoms with van der Waals surface area (Å²) in [5.74, 6) is 1.88. The molecule has 0 radical (unpaired) electrons. The summed E-state index contributed by atoms with van der Waals surface area (Å²) in [6.45, 7) is 0. The Morgan fingerprint density at radius 1 is 0.279 bits per heavy atom. The Hall–Kier alpha value is -8.21. The molecule has 4 nitrogen and oxygen atoms in total. The quantitative estimate of drug-likeness (QED) is 0.169. The molecule has 0 amide bonds. The highest BCUT2D eigenvalue weighted by atomic mass is 15.0. The van der Waals surface area contributed by atoms with E-state index in [1.165, 1.54) is 48.8 Å². The van der Waals surface area contributed by atoms with Crippen molar-refractivity contribution in [2.24, 2.45) is 0 Å². The highest BCUT2D eigenvalue weighted by molar-refractivity contribution is 6.23. The van der Waals surface area contributed by atoms with E-state index < -0.39 is 0 Å². The zero-order valence-corrected chi connectivity index (χ0v) is 33.1. The van der Waals surface area contributed by atoms with Gasteiger partial charge in [-0.15, -0.1) is 0 Å². The van der Waals surface area contributed by atoms with Crippen LogP contribution >= 0.6 is 0 Å². The third-order valence-electron chi connectivity index (χ3n) is 12.0. The van der Waals surface area contributed by atoms with Crippen LogP contribution in [-0.2, 0) is 0 Å². The Bertz CT molecular complexity index is 3630. The Kier molecular flexibility index (Phi) is 8.13. The van der Waals surface area contributed by atoms with Crippen molar-refractivity contribution in [3.05, 3.63) is 218 Å². The highest BCUT2D eigenvalue weighted by Crippen LogP contribution is 2.42. The Morgan fingerprint density at radius 3 is 1.49 bits per heavy atom. The van der Waals surface area contributed by atoms with Gasteiger partial charge in [0.1, 0.15) is 0 Å². The maximum Gasteiger partial charge on any atom is 0.164 e. The molecule has 284 valence electrons. The molecule has 2 heterocycles. The second-order valence-electron chi connectivity index (χ2n) is 15.6. The molecular weight excluding hydrogens is 741 g/mol. The summed E-state index contributed by atoms with van der Waals surface area (Å²) in [5.41, 5.74) is 10.7. The van der Waals surface area contributed by atoms with Gasteiger partial charge in [-0.25, -0.2) is 15.0 Å². The lowest BCUT2D eigenvalue weighted by Gasteiger charge is -2.17. The molecule has 4 heteroatoms. The first-order valence-electron chi connectivity index (χ1n) is 20.7. The number of hydrogen-bond acceptors (Lipinski definition) is 3. The van der Waals surface area contributed by atoms with Gasteiger partial charge in [0, 0.05) is 33.0 Å². The lowest BCUT2D eigenvalue weighted by Crippen LogP contribution is -2.02. The van der Waals surface area contributed by atoms with Crippen molar-refractivity contribution in [3.63, 3.8) is 0 Å². The van der Waals surface area contributed by atoms with Crippen LogP contribution in [0.1, 0.15) is 0 Å². The minimum absolute atomic E-state index is 0.616. The predicted octanol–water partition coefficient (Wildman–Crippen LogP) is 14.8. The summed E-state index contributed by atoms with van der Waals surface area (Å²) in [7, 11) is 0. The molecule has 12 aromatic rings. The van der Waals surface area contributed by atoms with Gasteiger partial charge in [-0.1, -0.05) is 176 Å². The SMILES string of the molecule is c1ccc(-c2ccc(-c3cc(-c4nc(-c5ccccc5)nc(-c5ccc6ccccc6c5)n4)ccc3-n3c4cc5ccccc5cc4c4c5ccccc5ccc43)cc2)cc1. The van der Waals surface area contributed by atoms with E-state index in [2.05, 4.69) is 205 Å². The molecule has 61 heavy (non-hydrogen) atoms. The van der Waals surface area contributed by atoms with Gasteiger partial charge in [0.2, 0.25) is 0 Å². The summed E-state index contributed by atoms with van der Waals surface area (Å²) in [6, 6.07) is 77.8. The molecule has 0 bridgehead atoms. The molecule has 0 aliphatic heterocycles. The maximum absolute atomic E-state index is 5.23. The van der Waals surface area contributed by atoms with Crippen molar-refractivity contribution in [1.82, 2.24) is 19.5 Å². The Labute approximate surface area is 352 Å². The molecule has 12 rings (SSSR count). The fourth-order valence-electron chi connectivity index (χ4n) is 8.99. The van der Waals surface area contributed by atoms with Crippen molar-refractivity contribution in [3.8, 4) is 62.1 Å². The average molecular weight is 777 g/mol. The van der Waals surface area contributed by atoms with E-state index in [0.29, 0.717) is 17.5 Å². The van der Waals surface area contributed by atoms with Gasteiger partial charge in [0.15, 0.2) is 17.5 Å². The summed E-state index contributed by atoms with van der Waals surface area (Å²) < 4.78 is 2.46. The second kappa shape index (κ2) is 14.3. The lowest BCUT2D eigenvalue weighted by molar-refractivity contribution is 1.07. The normalized spacial score (nSPS) is 11.6. The van der Waals surface area contributed by atoms with Crippen LogP contribution in [0, 0.1) is 0 Å². The number of hydrogen-bond donors (Lipinski definition) is 0. The van der Waals surface area contributed by atoms with Crippen molar-refractivity contribution < 1.29 is 0 Å². The molecule has 0 saturated heterocycles. The van der Waals surface area contributed by atoms with Crippen LogP contribution in [0.5, 0.6) is 0 Å². The van der Waals surface area contributed by atoms with Crippen LogP contribution in [0.2, 0.25) is 0 Å². The molecule has 0 atom stereocenters. The molecule has 10 aromatic carbocycles. The second-order valence-corrected chi connectivity index (χ2v) is 15.6. The van der Waals surface area contributed by atoms with Crippen molar-refractivity contribution in [1.29, 1.82) is 0 Å². The van der Waals surface area contributed by atoms with Crippen LogP contribution in [0.3, 0.4) is 0 Å². The van der Waals surface area contributed by atoms with Crippen LogP contribution < -0.4 is 0 Å². The average Bonchev–Trinajstić information content (AvgIpc) is 3.66. The summed E-state index contributed by atoms with van der Waals surface area (Å²) in [6.07, 6.45) is 0. The van der Waals surface area contributed by atoms with Crippen molar-refractivity contribution >= 4 is 54.1 Å². The lowest BCUT2D eigenvalue weighted by atomic mass is 9.97. The molecule has 0 fully saturated rings. The van der Waals surface area contributed by atoms with Gasteiger partial charge in [-0.3, -0.25) is 0 Å². The van der Waals surface area contributed by atoms with E-state index in [9.17, 15) is 0 Å². The van der Waals surface area contributed by atoms with E-state index >= 15 is 0 Å². The first-order chi connectivity index (χ1) is 30.2. The first-order valence-corrected chi connectivity index (χ1v) is 20.7. The van der Waals surface area contributed by atoms with Gasteiger partial charge in [0.05, 0.1) is 16.7 Å². The third-order valence-corrected chi connectivity index (χ3v) is 12.0. The molecule has 0 unspecified atom stereocenters.